The number of amides is 1. The third-order valence-corrected chi connectivity index (χ3v) is 3.31. The van der Waals surface area contributed by atoms with Crippen LogP contribution in [0.1, 0.15) is 33.5 Å². The molecule has 3 rings (SSSR count). The normalized spacial score (nSPS) is 10.3. The smallest absolute Gasteiger partial charge is 0.274 e. The van der Waals surface area contributed by atoms with Crippen LogP contribution in [-0.2, 0) is 0 Å². The van der Waals surface area contributed by atoms with E-state index in [2.05, 4.69) is 25.8 Å². The Hall–Kier alpha value is -3.55. The van der Waals surface area contributed by atoms with E-state index in [9.17, 15) is 9.59 Å². The average molecular weight is 337 g/mol. The van der Waals surface area contributed by atoms with Crippen LogP contribution in [0.25, 0.3) is 0 Å². The van der Waals surface area contributed by atoms with Crippen molar-refractivity contribution >= 4 is 29.0 Å². The second kappa shape index (κ2) is 6.91. The van der Waals surface area contributed by atoms with Crippen LogP contribution in [0.2, 0.25) is 0 Å². The van der Waals surface area contributed by atoms with Crippen molar-refractivity contribution in [3.05, 3.63) is 59.7 Å². The maximum Gasteiger partial charge on any atom is 0.274 e. The number of hydrogen-bond donors (Lipinski definition) is 2. The summed E-state index contributed by atoms with van der Waals surface area (Å²) < 4.78 is 4.96. The maximum atomic E-state index is 12.4. The van der Waals surface area contributed by atoms with Gasteiger partial charge in [0, 0.05) is 23.4 Å². The molecule has 1 amide bonds. The molecule has 0 fully saturated rings. The average Bonchev–Trinajstić information content (AvgIpc) is 3.00. The first kappa shape index (κ1) is 16.3. The van der Waals surface area contributed by atoms with Gasteiger partial charge >= 0.3 is 0 Å². The number of carbonyl (C=O) groups is 2. The number of aryl methyl sites for hydroxylation is 1. The van der Waals surface area contributed by atoms with Crippen molar-refractivity contribution in [2.75, 3.05) is 10.6 Å². The van der Waals surface area contributed by atoms with Crippen LogP contribution in [0, 0.1) is 6.92 Å². The molecule has 0 aliphatic rings. The van der Waals surface area contributed by atoms with E-state index < -0.39 is 5.91 Å². The number of nitrogens with zero attached hydrogens (tertiary/aromatic N) is 3. The first-order valence-electron chi connectivity index (χ1n) is 7.46. The zero-order chi connectivity index (χ0) is 17.8. The SMILES string of the molecule is CC(=O)c1cccc(NC(=O)c2cc(Nc3cc(C)on3)ncn2)c1. The summed E-state index contributed by atoms with van der Waals surface area (Å²) in [6.07, 6.45) is 1.27. The molecule has 0 saturated heterocycles. The van der Waals surface area contributed by atoms with E-state index in [1.807, 2.05) is 0 Å². The predicted molar refractivity (Wildman–Crippen MR) is 91.0 cm³/mol. The topological polar surface area (TPSA) is 110 Å². The minimum Gasteiger partial charge on any atom is -0.360 e. The molecule has 0 aliphatic heterocycles. The van der Waals surface area contributed by atoms with Crippen molar-refractivity contribution in [1.82, 2.24) is 15.1 Å². The highest BCUT2D eigenvalue weighted by atomic mass is 16.5. The summed E-state index contributed by atoms with van der Waals surface area (Å²) >= 11 is 0. The molecule has 2 aromatic heterocycles. The zero-order valence-electron chi connectivity index (χ0n) is 13.6. The quantitative estimate of drug-likeness (QED) is 0.689. The minimum atomic E-state index is -0.414. The number of aromatic nitrogens is 3. The van der Waals surface area contributed by atoms with E-state index in [-0.39, 0.29) is 11.5 Å². The van der Waals surface area contributed by atoms with Crippen molar-refractivity contribution in [2.24, 2.45) is 0 Å². The Labute approximate surface area is 143 Å². The molecule has 0 atom stereocenters. The fourth-order valence-corrected chi connectivity index (χ4v) is 2.12. The molecule has 0 spiro atoms. The summed E-state index contributed by atoms with van der Waals surface area (Å²) in [7, 11) is 0. The maximum absolute atomic E-state index is 12.4. The Morgan fingerprint density at radius 2 is 1.92 bits per heavy atom. The molecule has 8 heteroatoms. The number of rotatable bonds is 5. The fourth-order valence-electron chi connectivity index (χ4n) is 2.12. The molecule has 0 bridgehead atoms. The Balaban J connectivity index is 1.75. The van der Waals surface area contributed by atoms with Crippen molar-refractivity contribution in [2.45, 2.75) is 13.8 Å². The standard InChI is InChI=1S/C17H15N5O3/c1-10-6-16(22-25-10)21-15-8-14(18-9-19-15)17(24)20-13-5-3-4-12(7-13)11(2)23/h3-9H,1-2H3,(H,20,24)(H,18,19,21,22). The molecule has 0 radical (unpaired) electrons. The van der Waals surface area contributed by atoms with Crippen LogP contribution in [0.3, 0.4) is 0 Å². The van der Waals surface area contributed by atoms with Gasteiger partial charge in [-0.25, -0.2) is 9.97 Å². The second-order valence-corrected chi connectivity index (χ2v) is 5.33. The van der Waals surface area contributed by atoms with Gasteiger partial charge in [0.2, 0.25) is 0 Å². The van der Waals surface area contributed by atoms with Crippen LogP contribution in [0.15, 0.2) is 47.2 Å². The number of Topliss-reactive ketones (excluding diaryl/α,β-unsaturated/α-hetero) is 1. The monoisotopic (exact) mass is 337 g/mol. The zero-order valence-corrected chi connectivity index (χ0v) is 13.6. The summed E-state index contributed by atoms with van der Waals surface area (Å²) in [5.41, 5.74) is 1.20. The third-order valence-electron chi connectivity index (χ3n) is 3.31. The lowest BCUT2D eigenvalue weighted by atomic mass is 10.1. The molecule has 0 saturated carbocycles. The molecule has 25 heavy (non-hydrogen) atoms. The molecule has 2 heterocycles. The highest BCUT2D eigenvalue weighted by Gasteiger charge is 2.11. The number of nitrogens with one attached hydrogen (secondary N) is 2. The first-order chi connectivity index (χ1) is 12.0. The Kier molecular flexibility index (Phi) is 4.51. The summed E-state index contributed by atoms with van der Waals surface area (Å²) in [4.78, 5) is 31.8. The van der Waals surface area contributed by atoms with Crippen LogP contribution < -0.4 is 10.6 Å². The summed E-state index contributed by atoms with van der Waals surface area (Å²) in [5, 5.41) is 9.43. The number of benzene rings is 1. The Bertz CT molecular complexity index is 935. The van der Waals surface area contributed by atoms with E-state index in [0.717, 1.165) is 0 Å². The van der Waals surface area contributed by atoms with E-state index in [1.54, 1.807) is 37.3 Å². The van der Waals surface area contributed by atoms with Crippen molar-refractivity contribution < 1.29 is 14.1 Å². The highest BCUT2D eigenvalue weighted by Crippen LogP contribution is 2.16. The van der Waals surface area contributed by atoms with Gasteiger partial charge in [-0.2, -0.15) is 0 Å². The van der Waals surface area contributed by atoms with Gasteiger partial charge in [0.1, 0.15) is 23.6 Å². The van der Waals surface area contributed by atoms with Gasteiger partial charge in [-0.1, -0.05) is 17.3 Å². The van der Waals surface area contributed by atoms with Crippen LogP contribution in [0.5, 0.6) is 0 Å². The predicted octanol–water partition coefficient (Wildman–Crippen LogP) is 2.97. The number of carbonyl (C=O) groups excluding carboxylic acids is 2. The summed E-state index contributed by atoms with van der Waals surface area (Å²) in [5.74, 6) is 1.05. The Morgan fingerprint density at radius 3 is 2.64 bits per heavy atom. The molecule has 126 valence electrons. The second-order valence-electron chi connectivity index (χ2n) is 5.33. The molecular weight excluding hydrogens is 322 g/mol. The van der Waals surface area contributed by atoms with Gasteiger partial charge in [-0.15, -0.1) is 0 Å². The lowest BCUT2D eigenvalue weighted by Crippen LogP contribution is -2.14. The number of hydrogen-bond acceptors (Lipinski definition) is 7. The van der Waals surface area contributed by atoms with Gasteiger partial charge in [0.15, 0.2) is 11.6 Å². The molecule has 3 aromatic rings. The van der Waals surface area contributed by atoms with Crippen LogP contribution in [0.4, 0.5) is 17.3 Å². The number of ketones is 1. The van der Waals surface area contributed by atoms with Crippen molar-refractivity contribution in [1.29, 1.82) is 0 Å². The third kappa shape index (κ3) is 4.05. The van der Waals surface area contributed by atoms with Gasteiger partial charge in [0.25, 0.3) is 5.91 Å². The lowest BCUT2D eigenvalue weighted by Gasteiger charge is -2.07. The highest BCUT2D eigenvalue weighted by molar-refractivity contribution is 6.04. The van der Waals surface area contributed by atoms with E-state index >= 15 is 0 Å². The van der Waals surface area contributed by atoms with Crippen LogP contribution in [-0.4, -0.2) is 26.8 Å². The van der Waals surface area contributed by atoms with Crippen LogP contribution >= 0.6 is 0 Å². The van der Waals surface area contributed by atoms with Crippen molar-refractivity contribution in [3.8, 4) is 0 Å². The lowest BCUT2D eigenvalue weighted by molar-refractivity contribution is 0.100. The molecule has 1 aromatic carbocycles. The molecule has 0 unspecified atom stereocenters. The molecule has 0 aliphatic carbocycles. The Morgan fingerprint density at radius 1 is 1.08 bits per heavy atom. The van der Waals surface area contributed by atoms with Gasteiger partial charge in [-0.3, -0.25) is 9.59 Å². The first-order valence-corrected chi connectivity index (χ1v) is 7.46. The minimum absolute atomic E-state index is 0.0764. The fraction of sp³-hybridized carbons (Fsp3) is 0.118. The van der Waals surface area contributed by atoms with Gasteiger partial charge < -0.3 is 15.2 Å². The van der Waals surface area contributed by atoms with Crippen molar-refractivity contribution in [3.63, 3.8) is 0 Å². The largest absolute Gasteiger partial charge is 0.360 e. The van der Waals surface area contributed by atoms with E-state index in [0.29, 0.717) is 28.6 Å². The van der Waals surface area contributed by atoms with Gasteiger partial charge in [-0.05, 0) is 26.0 Å². The summed E-state index contributed by atoms with van der Waals surface area (Å²) in [6.45, 7) is 3.24. The van der Waals surface area contributed by atoms with Gasteiger partial charge in [0.05, 0.1) is 0 Å². The van der Waals surface area contributed by atoms with E-state index in [1.165, 1.54) is 19.3 Å². The molecular formula is C17H15N5O3. The number of anilines is 3. The molecule has 8 nitrogen and oxygen atoms in total. The molecule has 2 N–H and O–H groups in total. The summed E-state index contributed by atoms with van der Waals surface area (Å²) in [6, 6.07) is 9.89. The van der Waals surface area contributed by atoms with E-state index in [4.69, 9.17) is 4.52 Å².